The largest absolute Gasteiger partial charge is 0.306 e. The van der Waals surface area contributed by atoms with Gasteiger partial charge >= 0.3 is 0 Å². The Labute approximate surface area is 137 Å². The molecule has 8 nitrogen and oxygen atoms in total. The van der Waals surface area contributed by atoms with Crippen LogP contribution in [-0.2, 0) is 13.0 Å². The van der Waals surface area contributed by atoms with Crippen LogP contribution in [0.3, 0.4) is 0 Å². The predicted octanol–water partition coefficient (Wildman–Crippen LogP) is 1.76. The lowest BCUT2D eigenvalue weighted by Crippen LogP contribution is -2.32. The van der Waals surface area contributed by atoms with Gasteiger partial charge in [0.25, 0.3) is 17.2 Å². The minimum atomic E-state index is -0.485. The second-order valence-corrected chi connectivity index (χ2v) is 5.56. The average Bonchev–Trinajstić information content (AvgIpc) is 2.99. The highest BCUT2D eigenvalue weighted by Gasteiger charge is 2.28. The van der Waals surface area contributed by atoms with E-state index in [4.69, 9.17) is 0 Å². The molecule has 124 valence electrons. The van der Waals surface area contributed by atoms with Crippen molar-refractivity contribution in [1.82, 2.24) is 9.78 Å². The molecule has 24 heavy (non-hydrogen) atoms. The number of carbonyl (C=O) groups excluding carboxylic acids is 1. The van der Waals surface area contributed by atoms with Crippen LogP contribution in [0.15, 0.2) is 35.1 Å². The van der Waals surface area contributed by atoms with Gasteiger partial charge in [-0.05, 0) is 24.5 Å². The Kier molecular flexibility index (Phi) is 4.11. The third kappa shape index (κ3) is 2.78. The fourth-order valence-electron chi connectivity index (χ4n) is 2.77. The SMILES string of the molecule is CCCn1nc(C(=O)N2CCc3ccc([N+](=O)[O-])cc32)ccc1=O. The van der Waals surface area contributed by atoms with Gasteiger partial charge in [0.1, 0.15) is 5.69 Å². The van der Waals surface area contributed by atoms with Crippen LogP contribution in [-0.4, -0.2) is 27.2 Å². The van der Waals surface area contributed by atoms with E-state index in [0.29, 0.717) is 25.2 Å². The number of aryl methyl sites for hydroxylation is 1. The maximum atomic E-state index is 12.7. The van der Waals surface area contributed by atoms with E-state index in [0.717, 1.165) is 12.0 Å². The van der Waals surface area contributed by atoms with Gasteiger partial charge < -0.3 is 4.90 Å². The van der Waals surface area contributed by atoms with E-state index in [1.54, 1.807) is 6.07 Å². The summed E-state index contributed by atoms with van der Waals surface area (Å²) in [5.41, 5.74) is 1.26. The average molecular weight is 328 g/mol. The molecule has 0 N–H and O–H groups in total. The van der Waals surface area contributed by atoms with Gasteiger partial charge in [0.15, 0.2) is 0 Å². The summed E-state index contributed by atoms with van der Waals surface area (Å²) in [7, 11) is 0. The summed E-state index contributed by atoms with van der Waals surface area (Å²) in [6.07, 6.45) is 1.36. The Morgan fingerprint density at radius 1 is 1.33 bits per heavy atom. The zero-order chi connectivity index (χ0) is 17.3. The van der Waals surface area contributed by atoms with E-state index >= 15 is 0 Å². The molecule has 0 fully saturated rings. The Balaban J connectivity index is 1.96. The van der Waals surface area contributed by atoms with Crippen LogP contribution in [0.5, 0.6) is 0 Å². The maximum absolute atomic E-state index is 12.7. The molecule has 0 saturated carbocycles. The molecule has 2 aromatic rings. The molecule has 1 aliphatic heterocycles. The van der Waals surface area contributed by atoms with Gasteiger partial charge in [0.05, 0.1) is 10.6 Å². The van der Waals surface area contributed by atoms with Crippen molar-refractivity contribution in [3.05, 3.63) is 62.1 Å². The topological polar surface area (TPSA) is 98.3 Å². The van der Waals surface area contributed by atoms with Crippen molar-refractivity contribution in [2.75, 3.05) is 11.4 Å². The maximum Gasteiger partial charge on any atom is 0.278 e. The van der Waals surface area contributed by atoms with E-state index in [2.05, 4.69) is 5.10 Å². The Morgan fingerprint density at radius 3 is 2.83 bits per heavy atom. The lowest BCUT2D eigenvalue weighted by Gasteiger charge is -2.17. The molecule has 1 amide bonds. The molecule has 0 bridgehead atoms. The molecule has 0 aliphatic carbocycles. The first kappa shape index (κ1) is 15.9. The molecule has 0 spiro atoms. The normalized spacial score (nSPS) is 13.0. The molecule has 1 aromatic carbocycles. The number of rotatable bonds is 4. The van der Waals surface area contributed by atoms with Crippen LogP contribution < -0.4 is 10.5 Å². The Bertz CT molecular complexity index is 875. The summed E-state index contributed by atoms with van der Waals surface area (Å²) in [5, 5.41) is 15.1. The van der Waals surface area contributed by atoms with Gasteiger partial charge in [-0.1, -0.05) is 13.0 Å². The number of nitro benzene ring substituents is 1. The van der Waals surface area contributed by atoms with Crippen molar-refractivity contribution in [1.29, 1.82) is 0 Å². The molecule has 3 rings (SSSR count). The number of non-ortho nitro benzene ring substituents is 1. The van der Waals surface area contributed by atoms with E-state index in [-0.39, 0.29) is 22.8 Å². The minimum absolute atomic E-state index is 0.0580. The quantitative estimate of drug-likeness (QED) is 0.629. The van der Waals surface area contributed by atoms with Crippen LogP contribution in [0.4, 0.5) is 11.4 Å². The lowest BCUT2D eigenvalue weighted by molar-refractivity contribution is -0.384. The fraction of sp³-hybridized carbons (Fsp3) is 0.312. The number of amides is 1. The van der Waals surface area contributed by atoms with E-state index in [1.807, 2.05) is 6.92 Å². The number of benzene rings is 1. The zero-order valence-electron chi connectivity index (χ0n) is 13.1. The van der Waals surface area contributed by atoms with Crippen LogP contribution in [0.1, 0.15) is 29.4 Å². The first-order valence-electron chi connectivity index (χ1n) is 7.68. The van der Waals surface area contributed by atoms with Gasteiger partial charge in [-0.25, -0.2) is 4.68 Å². The van der Waals surface area contributed by atoms with Gasteiger partial charge in [0.2, 0.25) is 0 Å². The summed E-state index contributed by atoms with van der Waals surface area (Å²) in [6.45, 7) is 2.78. The van der Waals surface area contributed by atoms with Crippen molar-refractivity contribution in [3.8, 4) is 0 Å². The van der Waals surface area contributed by atoms with Crippen molar-refractivity contribution in [3.63, 3.8) is 0 Å². The van der Waals surface area contributed by atoms with E-state index in [1.165, 1.54) is 33.8 Å². The van der Waals surface area contributed by atoms with Gasteiger partial charge in [-0.15, -0.1) is 0 Å². The highest BCUT2D eigenvalue weighted by molar-refractivity contribution is 6.06. The molecule has 1 aliphatic rings. The molecule has 0 radical (unpaired) electrons. The number of carbonyl (C=O) groups is 1. The molecule has 2 heterocycles. The summed E-state index contributed by atoms with van der Waals surface area (Å²) in [5.74, 6) is -0.362. The monoisotopic (exact) mass is 328 g/mol. The minimum Gasteiger partial charge on any atom is -0.306 e. The molecule has 8 heteroatoms. The smallest absolute Gasteiger partial charge is 0.278 e. The van der Waals surface area contributed by atoms with Crippen molar-refractivity contribution < 1.29 is 9.72 Å². The molecule has 0 saturated heterocycles. The van der Waals surface area contributed by atoms with Crippen LogP contribution >= 0.6 is 0 Å². The van der Waals surface area contributed by atoms with Crippen LogP contribution in [0.2, 0.25) is 0 Å². The summed E-state index contributed by atoms with van der Waals surface area (Å²) < 4.78 is 1.26. The van der Waals surface area contributed by atoms with Crippen LogP contribution in [0, 0.1) is 10.1 Å². The fourth-order valence-corrected chi connectivity index (χ4v) is 2.77. The Hall–Kier alpha value is -3.03. The second kappa shape index (κ2) is 6.23. The molecule has 1 aromatic heterocycles. The first-order chi connectivity index (χ1) is 11.5. The summed E-state index contributed by atoms with van der Waals surface area (Å²) in [4.78, 5) is 36.4. The number of fused-ring (bicyclic) bond motifs is 1. The first-order valence-corrected chi connectivity index (χ1v) is 7.68. The van der Waals surface area contributed by atoms with Gasteiger partial charge in [0, 0.05) is 31.3 Å². The third-order valence-corrected chi connectivity index (χ3v) is 3.94. The standard InChI is InChI=1S/C16H16N4O4/c1-2-8-19-15(21)6-5-13(17-19)16(22)18-9-7-11-3-4-12(20(23)24)10-14(11)18/h3-6,10H,2,7-9H2,1H3. The van der Waals surface area contributed by atoms with E-state index < -0.39 is 4.92 Å². The number of hydrogen-bond acceptors (Lipinski definition) is 5. The molecule has 0 atom stereocenters. The van der Waals surface area contributed by atoms with Crippen molar-refractivity contribution >= 4 is 17.3 Å². The highest BCUT2D eigenvalue weighted by Crippen LogP contribution is 2.32. The number of nitrogens with zero attached hydrogens (tertiary/aromatic N) is 4. The summed E-state index contributed by atoms with van der Waals surface area (Å²) in [6, 6.07) is 7.23. The molecule has 0 unspecified atom stereocenters. The predicted molar refractivity (Wildman–Crippen MR) is 87.3 cm³/mol. The number of anilines is 1. The van der Waals surface area contributed by atoms with Crippen LogP contribution in [0.25, 0.3) is 0 Å². The van der Waals surface area contributed by atoms with E-state index in [9.17, 15) is 19.7 Å². The number of nitro groups is 1. The number of hydrogen-bond donors (Lipinski definition) is 0. The second-order valence-electron chi connectivity index (χ2n) is 5.56. The zero-order valence-corrected chi connectivity index (χ0v) is 13.1. The van der Waals surface area contributed by atoms with Crippen molar-refractivity contribution in [2.45, 2.75) is 26.3 Å². The number of aromatic nitrogens is 2. The Morgan fingerprint density at radius 2 is 2.12 bits per heavy atom. The third-order valence-electron chi connectivity index (χ3n) is 3.94. The molecular formula is C16H16N4O4. The van der Waals surface area contributed by atoms with Gasteiger partial charge in [-0.2, -0.15) is 5.10 Å². The molecular weight excluding hydrogens is 312 g/mol. The lowest BCUT2D eigenvalue weighted by atomic mass is 10.1. The van der Waals surface area contributed by atoms with Crippen molar-refractivity contribution in [2.24, 2.45) is 0 Å². The van der Waals surface area contributed by atoms with Gasteiger partial charge in [-0.3, -0.25) is 19.7 Å². The summed E-state index contributed by atoms with van der Waals surface area (Å²) >= 11 is 0. The highest BCUT2D eigenvalue weighted by atomic mass is 16.6.